The van der Waals surface area contributed by atoms with Gasteiger partial charge in [-0.1, -0.05) is 166 Å². The van der Waals surface area contributed by atoms with E-state index in [2.05, 4.69) is 168 Å². The van der Waals surface area contributed by atoms with E-state index in [4.69, 9.17) is 0 Å². The molecule has 4 aliphatic heterocycles. The Bertz CT molecular complexity index is 2220. The van der Waals surface area contributed by atoms with E-state index in [9.17, 15) is 0 Å². The van der Waals surface area contributed by atoms with Gasteiger partial charge in [0, 0.05) is 36.6 Å². The number of hydrogen-bond donors (Lipinski definition) is 0. The second kappa shape index (κ2) is 10.9. The fraction of sp³-hybridized carbons (Fsp3) is 0.362. The summed E-state index contributed by atoms with van der Waals surface area (Å²) in [5.74, 6) is 0. The highest BCUT2D eigenvalue weighted by Gasteiger charge is 2.50. The van der Waals surface area contributed by atoms with Crippen molar-refractivity contribution in [2.75, 3.05) is 4.90 Å². The average Bonchev–Trinajstić information content (AvgIpc) is 3.06. The molecule has 9 rings (SSSR count). The zero-order chi connectivity index (χ0) is 37.0. The van der Waals surface area contributed by atoms with Crippen molar-refractivity contribution in [2.45, 2.75) is 131 Å². The van der Waals surface area contributed by atoms with Gasteiger partial charge in [0.2, 0.25) is 13.4 Å². The number of nitrogens with zero attached hydrogens (tertiary/aromatic N) is 1. The molecule has 0 amide bonds. The van der Waals surface area contributed by atoms with Crippen LogP contribution in [-0.2, 0) is 21.7 Å². The van der Waals surface area contributed by atoms with Gasteiger partial charge in [0.25, 0.3) is 0 Å². The second-order valence-corrected chi connectivity index (χ2v) is 22.0. The third-order valence-corrected chi connectivity index (χ3v) is 14.8. The van der Waals surface area contributed by atoms with Crippen molar-refractivity contribution in [3.05, 3.63) is 101 Å². The second-order valence-electron chi connectivity index (χ2n) is 19.9. The minimum Gasteiger partial charge on any atom is -0.312 e. The fourth-order valence-corrected chi connectivity index (χ4v) is 11.6. The first kappa shape index (κ1) is 34.5. The minimum absolute atomic E-state index is 0.0427. The summed E-state index contributed by atoms with van der Waals surface area (Å²) in [6, 6.07) is 29.6. The van der Waals surface area contributed by atoms with Gasteiger partial charge >= 0.3 is 0 Å². The summed E-state index contributed by atoms with van der Waals surface area (Å²) in [7, 11) is 0. The minimum atomic E-state index is 0.0427. The Kier molecular flexibility index (Phi) is 7.24. The Labute approximate surface area is 321 Å². The zero-order valence-corrected chi connectivity index (χ0v) is 35.0. The Morgan fingerprint density at radius 1 is 0.442 bits per heavy atom. The Morgan fingerprint density at radius 3 is 1.12 bits per heavy atom. The molecule has 4 aliphatic rings. The van der Waals surface area contributed by atoms with Crippen LogP contribution in [-0.4, -0.2) is 13.4 Å². The lowest BCUT2D eigenvalue weighted by atomic mass is 9.30. The van der Waals surface area contributed by atoms with E-state index < -0.39 is 0 Å². The van der Waals surface area contributed by atoms with Crippen LogP contribution in [0.3, 0.4) is 0 Å². The highest BCUT2D eigenvalue weighted by Crippen LogP contribution is 2.49. The molecule has 5 aromatic carbocycles. The highest BCUT2D eigenvalue weighted by molar-refractivity contribution is 8.01. The normalized spacial score (nSPS) is 15.5. The van der Waals surface area contributed by atoms with Crippen molar-refractivity contribution >= 4 is 86.8 Å². The van der Waals surface area contributed by atoms with Crippen LogP contribution in [0, 0.1) is 6.92 Å². The molecule has 0 bridgehead atoms. The van der Waals surface area contributed by atoms with Gasteiger partial charge in [-0.05, 0) is 103 Å². The topological polar surface area (TPSA) is 3.24 Å². The van der Waals surface area contributed by atoms with E-state index in [1.54, 1.807) is 0 Å². The SMILES string of the molecule is Cc1c2c3c4c5c1Sc1ccc(C(C)(C)C)cc1B5c1cc(C(C)(C)C)ccc1N4c1ccc(C(C)(C)C)cc1B3c1cc(C(C)(C)C)ccc1S2. The number of benzene rings is 5. The Balaban J connectivity index is 1.43. The van der Waals surface area contributed by atoms with Gasteiger partial charge in [-0.25, -0.2) is 0 Å². The summed E-state index contributed by atoms with van der Waals surface area (Å²) in [5, 5.41) is 0. The third-order valence-electron chi connectivity index (χ3n) is 12.2. The summed E-state index contributed by atoms with van der Waals surface area (Å²) in [5.41, 5.74) is 20.2. The van der Waals surface area contributed by atoms with Crippen molar-refractivity contribution in [1.29, 1.82) is 0 Å². The van der Waals surface area contributed by atoms with Crippen LogP contribution in [0.4, 0.5) is 17.1 Å². The van der Waals surface area contributed by atoms with Crippen molar-refractivity contribution < 1.29 is 0 Å². The van der Waals surface area contributed by atoms with E-state index in [0.717, 1.165) is 0 Å². The lowest BCUT2D eigenvalue weighted by Crippen LogP contribution is -2.68. The molecular weight excluding hydrogens is 664 g/mol. The molecule has 0 fully saturated rings. The first-order chi connectivity index (χ1) is 24.2. The van der Waals surface area contributed by atoms with Crippen molar-refractivity contribution in [3.63, 3.8) is 0 Å². The molecule has 0 atom stereocenters. The quantitative estimate of drug-likeness (QED) is 0.144. The molecule has 0 aromatic heterocycles. The van der Waals surface area contributed by atoms with Gasteiger partial charge in [0.05, 0.1) is 0 Å². The third kappa shape index (κ3) is 4.93. The maximum absolute atomic E-state index is 2.70. The van der Waals surface area contributed by atoms with Crippen LogP contribution in [0.15, 0.2) is 92.4 Å². The van der Waals surface area contributed by atoms with E-state index in [-0.39, 0.29) is 35.1 Å². The first-order valence-corrected chi connectivity index (χ1v) is 20.8. The standard InChI is InChI=1S/C47H51B2NS2/c1-26-42-39-41-40-43(26)52-38-21-17-30(47(11,12)13)25-34(38)49(40)32-23-28(45(5,6)7)15-19-36(32)50(41)35-18-14-27(44(2,3)4)22-31(35)48(39)33-24-29(46(8,9)10)16-20-37(33)51-42/h14-25H,1-13H3. The lowest BCUT2D eigenvalue weighted by Gasteiger charge is -2.48. The maximum atomic E-state index is 2.70. The summed E-state index contributed by atoms with van der Waals surface area (Å²) >= 11 is 4.03. The molecular formula is C47H51B2NS2. The van der Waals surface area contributed by atoms with Crippen LogP contribution in [0.2, 0.25) is 0 Å². The largest absolute Gasteiger partial charge is 0.312 e. The molecule has 0 saturated heterocycles. The van der Waals surface area contributed by atoms with Gasteiger partial charge in [0.15, 0.2) is 0 Å². The fourth-order valence-electron chi connectivity index (χ4n) is 9.03. The van der Waals surface area contributed by atoms with Gasteiger partial charge in [-0.15, -0.1) is 0 Å². The van der Waals surface area contributed by atoms with Crippen LogP contribution in [0.25, 0.3) is 0 Å². The molecule has 0 N–H and O–H groups in total. The molecule has 0 spiro atoms. The lowest BCUT2D eigenvalue weighted by molar-refractivity contribution is 0.590. The van der Waals surface area contributed by atoms with Gasteiger partial charge < -0.3 is 4.90 Å². The van der Waals surface area contributed by atoms with E-state index >= 15 is 0 Å². The summed E-state index contributed by atoms with van der Waals surface area (Å²) in [6.45, 7) is 31.0. The van der Waals surface area contributed by atoms with E-state index in [0.29, 0.717) is 0 Å². The van der Waals surface area contributed by atoms with Crippen LogP contribution in [0.5, 0.6) is 0 Å². The molecule has 0 unspecified atom stereocenters. The first-order valence-electron chi connectivity index (χ1n) is 19.2. The van der Waals surface area contributed by atoms with Crippen molar-refractivity contribution in [1.82, 2.24) is 0 Å². The molecule has 0 saturated carbocycles. The number of fused-ring (bicyclic) bond motifs is 10. The molecule has 1 nitrogen and oxygen atoms in total. The number of rotatable bonds is 0. The smallest absolute Gasteiger partial charge is 0.249 e. The Hall–Kier alpha value is -3.27. The highest BCUT2D eigenvalue weighted by atomic mass is 32.2. The summed E-state index contributed by atoms with van der Waals surface area (Å²) < 4.78 is 0. The maximum Gasteiger partial charge on any atom is 0.249 e. The predicted octanol–water partition coefficient (Wildman–Crippen LogP) is 9.24. The predicted molar refractivity (Wildman–Crippen MR) is 231 cm³/mol. The van der Waals surface area contributed by atoms with Gasteiger partial charge in [-0.2, -0.15) is 0 Å². The number of anilines is 3. The number of hydrogen-bond acceptors (Lipinski definition) is 3. The molecule has 52 heavy (non-hydrogen) atoms. The molecule has 5 heteroatoms. The molecule has 4 heterocycles. The molecule has 262 valence electrons. The molecule has 5 aromatic rings. The Morgan fingerprint density at radius 2 is 0.769 bits per heavy atom. The van der Waals surface area contributed by atoms with Crippen molar-refractivity contribution in [3.8, 4) is 0 Å². The zero-order valence-electron chi connectivity index (χ0n) is 33.3. The van der Waals surface area contributed by atoms with Crippen LogP contribution >= 0.6 is 23.5 Å². The molecule has 0 aliphatic carbocycles. The average molecular weight is 716 g/mol. The van der Waals surface area contributed by atoms with Crippen LogP contribution < -0.4 is 37.7 Å². The van der Waals surface area contributed by atoms with E-state index in [1.807, 2.05) is 23.5 Å². The van der Waals surface area contributed by atoms with E-state index in [1.165, 1.54) is 97.2 Å². The molecule has 0 radical (unpaired) electrons. The van der Waals surface area contributed by atoms with Crippen LogP contribution in [0.1, 0.15) is 111 Å². The van der Waals surface area contributed by atoms with Gasteiger partial charge in [-0.3, -0.25) is 0 Å². The summed E-state index contributed by atoms with van der Waals surface area (Å²) in [4.78, 5) is 8.43. The van der Waals surface area contributed by atoms with Gasteiger partial charge in [0.1, 0.15) is 0 Å². The summed E-state index contributed by atoms with van der Waals surface area (Å²) in [6.07, 6.45) is 0. The van der Waals surface area contributed by atoms with Crippen molar-refractivity contribution in [2.24, 2.45) is 0 Å². The monoisotopic (exact) mass is 715 g/mol.